The van der Waals surface area contributed by atoms with Gasteiger partial charge in [-0.1, -0.05) is 45.2 Å². The summed E-state index contributed by atoms with van der Waals surface area (Å²) in [6, 6.07) is 6.96. The van der Waals surface area contributed by atoms with Gasteiger partial charge in [-0.05, 0) is 51.3 Å². The molecule has 1 saturated carbocycles. The molecule has 1 saturated heterocycles. The van der Waals surface area contributed by atoms with Crippen molar-refractivity contribution in [1.82, 2.24) is 15.1 Å². The zero-order valence-electron chi connectivity index (χ0n) is 23.9. The first-order valence-corrected chi connectivity index (χ1v) is 13.5. The number of benzene rings is 1. The highest BCUT2D eigenvalue weighted by Gasteiger charge is 2.53. The lowest BCUT2D eigenvalue weighted by Crippen LogP contribution is -2.72. The van der Waals surface area contributed by atoms with Gasteiger partial charge in [0.15, 0.2) is 5.54 Å². The Hall–Kier alpha value is -2.94. The summed E-state index contributed by atoms with van der Waals surface area (Å²) >= 11 is 0. The van der Waals surface area contributed by atoms with Gasteiger partial charge in [0.2, 0.25) is 12.8 Å². The molecule has 1 aliphatic heterocycles. The van der Waals surface area contributed by atoms with Crippen molar-refractivity contribution in [3.63, 3.8) is 0 Å². The first-order valence-electron chi connectivity index (χ1n) is 13.5. The molecule has 0 radical (unpaired) electrons. The average molecular weight is 577 g/mol. The van der Waals surface area contributed by atoms with E-state index in [0.717, 1.165) is 37.8 Å². The summed E-state index contributed by atoms with van der Waals surface area (Å²) in [5.41, 5.74) is -2.31. The minimum atomic E-state index is -4.46. The van der Waals surface area contributed by atoms with Crippen molar-refractivity contribution < 1.29 is 36.3 Å². The second kappa shape index (κ2) is 15.7. The summed E-state index contributed by atoms with van der Waals surface area (Å²) in [4.78, 5) is 28.5. The van der Waals surface area contributed by atoms with Crippen LogP contribution in [0.15, 0.2) is 24.3 Å². The summed E-state index contributed by atoms with van der Waals surface area (Å²) in [5.74, 6) is -0.333. The Morgan fingerprint density at radius 3 is 2.05 bits per heavy atom. The maximum atomic E-state index is 13.3. The molecule has 2 aliphatic rings. The highest BCUT2D eigenvalue weighted by molar-refractivity contribution is 5.81. The average Bonchev–Trinajstić information content (AvgIpc) is 2.87. The van der Waals surface area contributed by atoms with Crippen LogP contribution in [0.2, 0.25) is 0 Å². The molecule has 2 amide bonds. The van der Waals surface area contributed by atoms with E-state index in [0.29, 0.717) is 5.56 Å². The van der Waals surface area contributed by atoms with Crippen LogP contribution in [0.3, 0.4) is 0 Å². The van der Waals surface area contributed by atoms with E-state index in [1.54, 1.807) is 20.8 Å². The Morgan fingerprint density at radius 2 is 1.60 bits per heavy atom. The first kappa shape index (κ1) is 35.1. The van der Waals surface area contributed by atoms with E-state index < -0.39 is 35.9 Å². The van der Waals surface area contributed by atoms with Crippen LogP contribution in [0.1, 0.15) is 77.8 Å². The van der Waals surface area contributed by atoms with Crippen LogP contribution in [0.25, 0.3) is 0 Å². The van der Waals surface area contributed by atoms with E-state index in [1.165, 1.54) is 28.4 Å². The predicted octanol–water partition coefficient (Wildman–Crippen LogP) is 6.38. The Labute approximate surface area is 233 Å². The van der Waals surface area contributed by atoms with Gasteiger partial charge in [0.1, 0.15) is 5.60 Å². The predicted molar refractivity (Wildman–Crippen MR) is 141 cm³/mol. The van der Waals surface area contributed by atoms with Crippen molar-refractivity contribution in [2.24, 2.45) is 0 Å². The Balaban J connectivity index is 0.00000150. The standard InChI is InChI=1S/C25H33F3N4O3.C2H6.CH2F2/c1-23(2,3)35-22(34)31-16-24(15-29,17-31)32(21(33)13-30-20-7-5-4-6-8-20)14-18-9-11-19(12-10-18)25(26,27)28;1-2;2-1-3/h9-12,20,30H,4-8,13-14,16-17H2,1-3H3;1-2H3;1H2. The maximum Gasteiger partial charge on any atom is 0.416 e. The van der Waals surface area contributed by atoms with Crippen LogP contribution < -0.4 is 5.32 Å². The summed E-state index contributed by atoms with van der Waals surface area (Å²) in [7, 11) is 0. The topological polar surface area (TPSA) is 85.7 Å². The van der Waals surface area contributed by atoms with Gasteiger partial charge in [0.25, 0.3) is 0 Å². The van der Waals surface area contributed by atoms with Gasteiger partial charge in [-0.15, -0.1) is 0 Å². The van der Waals surface area contributed by atoms with E-state index in [1.807, 2.05) is 13.8 Å². The van der Waals surface area contributed by atoms with Crippen molar-refractivity contribution >= 4 is 12.0 Å². The van der Waals surface area contributed by atoms with Gasteiger partial charge in [0.05, 0.1) is 31.3 Å². The van der Waals surface area contributed by atoms with Crippen LogP contribution in [0, 0.1) is 11.3 Å². The number of likely N-dealkylation sites (tertiary alicyclic amines) is 1. The van der Waals surface area contributed by atoms with Gasteiger partial charge < -0.3 is 19.9 Å². The molecule has 226 valence electrons. The number of nitrogens with one attached hydrogen (secondary N) is 1. The smallest absolute Gasteiger partial charge is 0.416 e. The Morgan fingerprint density at radius 1 is 1.07 bits per heavy atom. The van der Waals surface area contributed by atoms with Crippen LogP contribution >= 0.6 is 0 Å². The number of ether oxygens (including phenoxy) is 1. The molecule has 12 heteroatoms. The number of nitriles is 1. The second-order valence-electron chi connectivity index (χ2n) is 10.5. The lowest BCUT2D eigenvalue weighted by Gasteiger charge is -2.51. The Kier molecular flexibility index (Phi) is 13.8. The number of rotatable bonds is 6. The Bertz CT molecular complexity index is 962. The molecule has 1 N–H and O–H groups in total. The highest BCUT2D eigenvalue weighted by Crippen LogP contribution is 2.32. The number of carbonyl (C=O) groups excluding carboxylic acids is 2. The minimum Gasteiger partial charge on any atom is -0.444 e. The van der Waals surface area contributed by atoms with Crippen LogP contribution in [0.4, 0.5) is 26.7 Å². The van der Waals surface area contributed by atoms with E-state index in [9.17, 15) is 36.8 Å². The number of alkyl halides is 5. The highest BCUT2D eigenvalue weighted by atomic mass is 19.4. The van der Waals surface area contributed by atoms with Crippen LogP contribution in [-0.2, 0) is 22.3 Å². The molecule has 0 aromatic heterocycles. The summed E-state index contributed by atoms with van der Waals surface area (Å²) in [6.07, 6.45) is 0.259. The number of halogens is 5. The molecule has 40 heavy (non-hydrogen) atoms. The third kappa shape index (κ3) is 10.6. The monoisotopic (exact) mass is 576 g/mol. The van der Waals surface area contributed by atoms with Crippen molar-refractivity contribution in [2.45, 2.75) is 96.6 Å². The largest absolute Gasteiger partial charge is 0.444 e. The quantitative estimate of drug-likeness (QED) is 0.398. The molecular formula is C28H41F5N4O3. The van der Waals surface area contributed by atoms with Gasteiger partial charge >= 0.3 is 12.3 Å². The molecule has 7 nitrogen and oxygen atoms in total. The van der Waals surface area contributed by atoms with Crippen LogP contribution in [0.5, 0.6) is 0 Å². The molecule has 2 fully saturated rings. The normalized spacial score (nSPS) is 16.7. The summed E-state index contributed by atoms with van der Waals surface area (Å²) in [5, 5.41) is 13.3. The number of nitrogens with zero attached hydrogens (tertiary/aromatic N) is 3. The number of amides is 2. The third-order valence-corrected chi connectivity index (χ3v) is 6.35. The zero-order chi connectivity index (χ0) is 30.6. The van der Waals surface area contributed by atoms with E-state index in [4.69, 9.17) is 4.74 Å². The molecule has 3 rings (SSSR count). The SMILES string of the molecule is CC.CC(C)(C)OC(=O)N1CC(C#N)(N(Cc2ccc(C(F)(F)F)cc2)C(=O)CNC2CCCCC2)C1.FCF. The zero-order valence-corrected chi connectivity index (χ0v) is 23.9. The number of hydrogen-bond acceptors (Lipinski definition) is 5. The second-order valence-corrected chi connectivity index (χ2v) is 10.5. The molecular weight excluding hydrogens is 535 g/mol. The van der Waals surface area contributed by atoms with E-state index in [2.05, 4.69) is 11.4 Å². The molecule has 0 spiro atoms. The molecule has 0 bridgehead atoms. The molecule has 1 aromatic rings. The van der Waals surface area contributed by atoms with Crippen LogP contribution in [-0.4, -0.2) is 65.5 Å². The number of hydrogen-bond donors (Lipinski definition) is 1. The lowest BCUT2D eigenvalue weighted by molar-refractivity contribution is -0.142. The maximum absolute atomic E-state index is 13.3. The molecule has 1 heterocycles. The lowest BCUT2D eigenvalue weighted by atomic mass is 9.88. The van der Waals surface area contributed by atoms with E-state index in [-0.39, 0.29) is 38.1 Å². The molecule has 0 atom stereocenters. The van der Waals surface area contributed by atoms with Crippen molar-refractivity contribution in [1.29, 1.82) is 5.26 Å². The summed E-state index contributed by atoms with van der Waals surface area (Å²) in [6.45, 7) is 7.36. The van der Waals surface area contributed by atoms with Gasteiger partial charge in [-0.25, -0.2) is 13.6 Å². The van der Waals surface area contributed by atoms with Gasteiger partial charge in [-0.3, -0.25) is 4.79 Å². The molecule has 0 unspecified atom stereocenters. The fraction of sp³-hybridized carbons (Fsp3) is 0.679. The third-order valence-electron chi connectivity index (χ3n) is 6.35. The van der Waals surface area contributed by atoms with Crippen molar-refractivity contribution in [3.05, 3.63) is 35.4 Å². The fourth-order valence-corrected chi connectivity index (χ4v) is 4.44. The van der Waals surface area contributed by atoms with E-state index >= 15 is 0 Å². The first-order chi connectivity index (χ1) is 18.7. The van der Waals surface area contributed by atoms with Gasteiger partial charge in [0, 0.05) is 12.6 Å². The van der Waals surface area contributed by atoms with Crippen molar-refractivity contribution in [2.75, 3.05) is 26.6 Å². The molecule has 1 aliphatic carbocycles. The van der Waals surface area contributed by atoms with Crippen molar-refractivity contribution in [3.8, 4) is 6.07 Å². The van der Waals surface area contributed by atoms with Gasteiger partial charge in [-0.2, -0.15) is 18.4 Å². The fourth-order valence-electron chi connectivity index (χ4n) is 4.44. The molecule has 1 aromatic carbocycles. The minimum absolute atomic E-state index is 0.0150. The number of carbonyl (C=O) groups is 2. The summed E-state index contributed by atoms with van der Waals surface area (Å²) < 4.78 is 63.5.